The summed E-state index contributed by atoms with van der Waals surface area (Å²) in [7, 11) is 0. The Morgan fingerprint density at radius 1 is 0.971 bits per heavy atom. The molecule has 35 heavy (non-hydrogen) atoms. The fraction of sp³-hybridized carbons (Fsp3) is 0.148. The number of anilines is 4. The van der Waals surface area contributed by atoms with Crippen LogP contribution in [0.3, 0.4) is 0 Å². The lowest BCUT2D eigenvalue weighted by Crippen LogP contribution is -2.09. The number of aryl methyl sites for hydroxylation is 2. The monoisotopic (exact) mass is 502 g/mol. The molecule has 4 aromatic rings. The molecule has 1 unspecified atom stereocenters. The van der Waals surface area contributed by atoms with E-state index in [1.807, 2.05) is 25.1 Å². The van der Waals surface area contributed by atoms with Gasteiger partial charge in [0.25, 0.3) is 0 Å². The number of nitrogen functional groups attached to an aromatic ring is 1. The summed E-state index contributed by atoms with van der Waals surface area (Å²) in [5.41, 5.74) is 12.3. The summed E-state index contributed by atoms with van der Waals surface area (Å²) in [6.45, 7) is 4.57. The number of nitrogens with one attached hydrogen (secondary N) is 2. The van der Waals surface area contributed by atoms with E-state index in [9.17, 15) is 5.26 Å². The van der Waals surface area contributed by atoms with Gasteiger partial charge in [-0.1, -0.05) is 71.2 Å². The lowest BCUT2D eigenvalue weighted by molar-refractivity contribution is 1.03. The van der Waals surface area contributed by atoms with Crippen LogP contribution in [0.2, 0.25) is 10.0 Å². The van der Waals surface area contributed by atoms with E-state index in [0.717, 1.165) is 27.9 Å². The lowest BCUT2D eigenvalue weighted by Gasteiger charge is -2.17. The highest BCUT2D eigenvalue weighted by molar-refractivity contribution is 6.32. The molecule has 0 aliphatic carbocycles. The van der Waals surface area contributed by atoms with Gasteiger partial charge in [-0.25, -0.2) is 9.97 Å². The van der Waals surface area contributed by atoms with Gasteiger partial charge in [-0.3, -0.25) is 0 Å². The molecule has 1 heterocycles. The molecule has 0 aliphatic rings. The second kappa shape index (κ2) is 10.6. The first-order valence-electron chi connectivity index (χ1n) is 11.0. The van der Waals surface area contributed by atoms with E-state index >= 15 is 0 Å². The second-order valence-corrected chi connectivity index (χ2v) is 9.09. The summed E-state index contributed by atoms with van der Waals surface area (Å²) in [6.07, 6.45) is 1.45. The van der Waals surface area contributed by atoms with E-state index < -0.39 is 5.92 Å². The lowest BCUT2D eigenvalue weighted by atomic mass is 9.91. The highest BCUT2D eigenvalue weighted by Gasteiger charge is 2.19. The number of hydrogen-bond donors (Lipinski definition) is 3. The first-order chi connectivity index (χ1) is 16.9. The number of nitrogens with zero attached hydrogens (tertiary/aromatic N) is 3. The number of rotatable bonds is 7. The van der Waals surface area contributed by atoms with Crippen LogP contribution in [0.25, 0.3) is 0 Å². The van der Waals surface area contributed by atoms with Crippen molar-refractivity contribution >= 4 is 46.2 Å². The molecule has 0 spiro atoms. The first-order valence-corrected chi connectivity index (χ1v) is 11.7. The Kier molecular flexibility index (Phi) is 7.40. The Labute approximate surface area is 214 Å². The Bertz CT molecular complexity index is 1380. The Hall–Kier alpha value is -3.79. The number of nitrogens with two attached hydrogens (primary N) is 1. The van der Waals surface area contributed by atoms with Crippen molar-refractivity contribution in [3.05, 3.63) is 105 Å². The Morgan fingerprint density at radius 2 is 1.66 bits per heavy atom. The topological polar surface area (TPSA) is 99.6 Å². The molecule has 0 saturated carbocycles. The summed E-state index contributed by atoms with van der Waals surface area (Å²) < 4.78 is 0. The maximum Gasteiger partial charge on any atom is 0.159 e. The van der Waals surface area contributed by atoms with Crippen molar-refractivity contribution < 1.29 is 0 Å². The van der Waals surface area contributed by atoms with Crippen LogP contribution in [0.4, 0.5) is 23.0 Å². The van der Waals surface area contributed by atoms with Gasteiger partial charge in [0.15, 0.2) is 11.6 Å². The third-order valence-corrected chi connectivity index (χ3v) is 6.28. The smallest absolute Gasteiger partial charge is 0.159 e. The molecule has 0 radical (unpaired) electrons. The van der Waals surface area contributed by atoms with Crippen LogP contribution in [0.5, 0.6) is 0 Å². The fourth-order valence-electron chi connectivity index (χ4n) is 3.69. The SMILES string of the molecule is Cc1ccc(CNc2ncnc(Nc3cc(Cl)c(C(C#N)c4ccc(Cl)cc4)cc3C)c2N)cc1. The van der Waals surface area contributed by atoms with Crippen molar-refractivity contribution in [2.45, 2.75) is 26.3 Å². The fourth-order valence-corrected chi connectivity index (χ4v) is 4.09. The van der Waals surface area contributed by atoms with Crippen LogP contribution in [0, 0.1) is 25.2 Å². The van der Waals surface area contributed by atoms with E-state index in [1.165, 1.54) is 11.9 Å². The van der Waals surface area contributed by atoms with Crippen LogP contribution < -0.4 is 16.4 Å². The minimum Gasteiger partial charge on any atom is -0.393 e. The maximum absolute atomic E-state index is 9.84. The predicted molar refractivity (Wildman–Crippen MR) is 143 cm³/mol. The molecular weight excluding hydrogens is 479 g/mol. The standard InChI is InChI=1S/C27H24Cl2N6/c1-16-3-5-18(6-4-16)14-32-26-25(31)27(34-15-33-26)35-24-12-23(29)21(11-17(24)2)22(13-30)19-7-9-20(28)10-8-19/h3-12,15,22H,14,31H2,1-2H3,(H2,32,33,34,35). The van der Waals surface area contributed by atoms with Gasteiger partial charge in [-0.05, 0) is 54.3 Å². The van der Waals surface area contributed by atoms with E-state index in [0.29, 0.717) is 33.9 Å². The Morgan fingerprint density at radius 3 is 2.34 bits per heavy atom. The van der Waals surface area contributed by atoms with Gasteiger partial charge >= 0.3 is 0 Å². The number of hydrogen-bond acceptors (Lipinski definition) is 6. The molecule has 0 bridgehead atoms. The van der Waals surface area contributed by atoms with Crippen molar-refractivity contribution in [2.24, 2.45) is 0 Å². The average molecular weight is 503 g/mol. The van der Waals surface area contributed by atoms with Crippen molar-refractivity contribution in [1.29, 1.82) is 5.26 Å². The summed E-state index contributed by atoms with van der Waals surface area (Å²) in [5.74, 6) is 0.484. The molecule has 0 amide bonds. The van der Waals surface area contributed by atoms with E-state index in [-0.39, 0.29) is 0 Å². The zero-order chi connectivity index (χ0) is 24.9. The summed E-state index contributed by atoms with van der Waals surface area (Å²) in [6, 6.07) is 21.5. The van der Waals surface area contributed by atoms with Gasteiger partial charge in [0.05, 0.1) is 12.0 Å². The summed E-state index contributed by atoms with van der Waals surface area (Å²) in [4.78, 5) is 8.59. The normalized spacial score (nSPS) is 11.5. The second-order valence-electron chi connectivity index (χ2n) is 8.25. The molecule has 4 N–H and O–H groups in total. The van der Waals surface area contributed by atoms with Gasteiger partial charge in [0.1, 0.15) is 12.0 Å². The molecule has 6 nitrogen and oxygen atoms in total. The third-order valence-electron chi connectivity index (χ3n) is 5.70. The zero-order valence-corrected chi connectivity index (χ0v) is 20.8. The molecular formula is C27H24Cl2N6. The highest BCUT2D eigenvalue weighted by Crippen LogP contribution is 2.36. The molecule has 0 aliphatic heterocycles. The third kappa shape index (κ3) is 5.65. The molecule has 0 saturated heterocycles. The molecule has 176 valence electrons. The van der Waals surface area contributed by atoms with Crippen molar-refractivity contribution in [3.63, 3.8) is 0 Å². The highest BCUT2D eigenvalue weighted by atomic mass is 35.5. The minimum absolute atomic E-state index is 0.398. The van der Waals surface area contributed by atoms with E-state index in [4.69, 9.17) is 28.9 Å². The van der Waals surface area contributed by atoms with Crippen molar-refractivity contribution in [1.82, 2.24) is 9.97 Å². The van der Waals surface area contributed by atoms with Crippen molar-refractivity contribution in [3.8, 4) is 6.07 Å². The van der Waals surface area contributed by atoms with Crippen LogP contribution in [-0.4, -0.2) is 9.97 Å². The van der Waals surface area contributed by atoms with Crippen LogP contribution >= 0.6 is 23.2 Å². The van der Waals surface area contributed by atoms with Crippen molar-refractivity contribution in [2.75, 3.05) is 16.4 Å². The van der Waals surface area contributed by atoms with Crippen LogP contribution in [0.15, 0.2) is 67.0 Å². The molecule has 8 heteroatoms. The van der Waals surface area contributed by atoms with E-state index in [2.05, 4.69) is 57.9 Å². The molecule has 3 aromatic carbocycles. The molecule has 1 aromatic heterocycles. The molecule has 0 fully saturated rings. The number of halogens is 2. The largest absolute Gasteiger partial charge is 0.393 e. The zero-order valence-electron chi connectivity index (χ0n) is 19.3. The van der Waals surface area contributed by atoms with E-state index in [1.54, 1.807) is 18.2 Å². The van der Waals surface area contributed by atoms with Gasteiger partial charge in [-0.2, -0.15) is 5.26 Å². The minimum atomic E-state index is -0.519. The Balaban J connectivity index is 1.56. The molecule has 4 rings (SSSR count). The number of benzene rings is 3. The summed E-state index contributed by atoms with van der Waals surface area (Å²) >= 11 is 12.6. The predicted octanol–water partition coefficient (Wildman–Crippen LogP) is 6.99. The van der Waals surface area contributed by atoms with Gasteiger partial charge in [-0.15, -0.1) is 0 Å². The maximum atomic E-state index is 9.84. The quantitative estimate of drug-likeness (QED) is 0.251. The van der Waals surface area contributed by atoms with Gasteiger partial charge in [0, 0.05) is 22.3 Å². The number of aromatic nitrogens is 2. The number of nitriles is 1. The van der Waals surface area contributed by atoms with Crippen LogP contribution in [-0.2, 0) is 6.54 Å². The first kappa shape index (κ1) is 24.3. The van der Waals surface area contributed by atoms with Gasteiger partial charge < -0.3 is 16.4 Å². The van der Waals surface area contributed by atoms with Crippen LogP contribution in [0.1, 0.15) is 33.7 Å². The molecule has 1 atom stereocenters. The van der Waals surface area contributed by atoms with Gasteiger partial charge in [0.2, 0.25) is 0 Å². The summed E-state index contributed by atoms with van der Waals surface area (Å²) in [5, 5.41) is 17.4. The average Bonchev–Trinajstić information content (AvgIpc) is 2.85.